The molecule has 4 nitrogen and oxygen atoms in total. The molecule has 5 heteroatoms. The van der Waals surface area contributed by atoms with Crippen LogP contribution in [-0.2, 0) is 7.05 Å². The van der Waals surface area contributed by atoms with Crippen molar-refractivity contribution in [1.82, 2.24) is 4.57 Å². The molecule has 25 heavy (non-hydrogen) atoms. The van der Waals surface area contributed by atoms with Gasteiger partial charge in [0, 0.05) is 23.8 Å². The Hall–Kier alpha value is -2.22. The van der Waals surface area contributed by atoms with Gasteiger partial charge in [0.15, 0.2) is 0 Å². The standard InChI is InChI=1S/C20H21ClN2O2/c1-23-11-8-17(18(23)19(22)24)15-5-3-9-20(25,13-15)10-7-14-4-2-6-16(21)12-14/h2,4,6,8,11-12,15,25H,3,5,9,13H2,1H3,(H2,22,24)/t15-,20+/m0/s1. The smallest absolute Gasteiger partial charge is 0.265 e. The molecule has 0 spiro atoms. The second kappa shape index (κ2) is 6.95. The van der Waals surface area contributed by atoms with Crippen molar-refractivity contribution < 1.29 is 9.90 Å². The van der Waals surface area contributed by atoms with Crippen LogP contribution in [0.3, 0.4) is 0 Å². The zero-order valence-electron chi connectivity index (χ0n) is 14.1. The van der Waals surface area contributed by atoms with Crippen molar-refractivity contribution in [2.45, 2.75) is 37.2 Å². The van der Waals surface area contributed by atoms with Gasteiger partial charge in [-0.1, -0.05) is 29.5 Å². The summed E-state index contributed by atoms with van der Waals surface area (Å²) in [6.07, 6.45) is 4.70. The first-order valence-corrected chi connectivity index (χ1v) is 8.72. The van der Waals surface area contributed by atoms with Gasteiger partial charge in [0.2, 0.25) is 0 Å². The number of rotatable bonds is 2. The number of hydrogen-bond acceptors (Lipinski definition) is 2. The van der Waals surface area contributed by atoms with Gasteiger partial charge in [-0.2, -0.15) is 0 Å². The summed E-state index contributed by atoms with van der Waals surface area (Å²) in [5.41, 5.74) is 6.64. The molecule has 1 amide bonds. The SMILES string of the molecule is Cn1ccc([C@H]2CCC[C@@](O)(C#Cc3cccc(Cl)c3)C2)c1C(N)=O. The summed E-state index contributed by atoms with van der Waals surface area (Å²) in [7, 11) is 1.80. The van der Waals surface area contributed by atoms with Crippen LogP contribution in [0.5, 0.6) is 0 Å². The Morgan fingerprint density at radius 2 is 2.24 bits per heavy atom. The van der Waals surface area contributed by atoms with Crippen molar-refractivity contribution in [3.05, 3.63) is 58.4 Å². The molecule has 1 saturated carbocycles. The molecule has 3 N–H and O–H groups in total. The molecule has 0 radical (unpaired) electrons. The minimum absolute atomic E-state index is 0.0658. The molecule has 2 atom stereocenters. The Balaban J connectivity index is 1.85. The number of nitrogens with zero attached hydrogens (tertiary/aromatic N) is 1. The molecule has 0 saturated heterocycles. The highest BCUT2D eigenvalue weighted by Crippen LogP contribution is 2.39. The Morgan fingerprint density at radius 1 is 1.44 bits per heavy atom. The Bertz CT molecular complexity index is 862. The van der Waals surface area contributed by atoms with Gasteiger partial charge in [-0.15, -0.1) is 0 Å². The van der Waals surface area contributed by atoms with E-state index in [9.17, 15) is 9.90 Å². The maximum atomic E-state index is 11.7. The van der Waals surface area contributed by atoms with Gasteiger partial charge in [-0.3, -0.25) is 4.79 Å². The predicted molar refractivity (Wildman–Crippen MR) is 98.4 cm³/mol. The summed E-state index contributed by atoms with van der Waals surface area (Å²) in [5.74, 6) is 5.67. The van der Waals surface area contributed by atoms with E-state index in [0.29, 0.717) is 23.6 Å². The summed E-state index contributed by atoms with van der Waals surface area (Å²) in [5, 5.41) is 11.6. The highest BCUT2D eigenvalue weighted by atomic mass is 35.5. The molecule has 1 fully saturated rings. The molecule has 1 aliphatic carbocycles. The average Bonchev–Trinajstić information content (AvgIpc) is 2.95. The van der Waals surface area contributed by atoms with E-state index in [1.165, 1.54) is 0 Å². The third-order valence-corrected chi connectivity index (χ3v) is 5.00. The van der Waals surface area contributed by atoms with E-state index in [-0.39, 0.29) is 5.92 Å². The molecule has 2 aromatic rings. The molecule has 1 aliphatic rings. The average molecular weight is 357 g/mol. The van der Waals surface area contributed by atoms with Gasteiger partial charge >= 0.3 is 0 Å². The van der Waals surface area contributed by atoms with Crippen molar-refractivity contribution >= 4 is 17.5 Å². The number of nitrogens with two attached hydrogens (primary N) is 1. The second-order valence-corrected chi connectivity index (χ2v) is 7.12. The van der Waals surface area contributed by atoms with Crippen LogP contribution < -0.4 is 5.73 Å². The van der Waals surface area contributed by atoms with E-state index in [4.69, 9.17) is 17.3 Å². The molecule has 1 aromatic carbocycles. The van der Waals surface area contributed by atoms with Gasteiger partial charge < -0.3 is 15.4 Å². The zero-order valence-corrected chi connectivity index (χ0v) is 14.9. The van der Waals surface area contributed by atoms with Crippen LogP contribution in [0.4, 0.5) is 0 Å². The van der Waals surface area contributed by atoms with Gasteiger partial charge in [0.1, 0.15) is 11.3 Å². The molecule has 0 bridgehead atoms. The number of aryl methyl sites for hydroxylation is 1. The predicted octanol–water partition coefficient (Wildman–Crippen LogP) is 3.22. The third-order valence-electron chi connectivity index (χ3n) is 4.77. The van der Waals surface area contributed by atoms with Crippen LogP contribution in [0.2, 0.25) is 5.02 Å². The van der Waals surface area contributed by atoms with Crippen molar-refractivity contribution in [2.24, 2.45) is 12.8 Å². The van der Waals surface area contributed by atoms with Crippen LogP contribution in [0.1, 0.15) is 53.2 Å². The fraction of sp³-hybridized carbons (Fsp3) is 0.350. The summed E-state index contributed by atoms with van der Waals surface area (Å²) in [4.78, 5) is 11.7. The fourth-order valence-electron chi connectivity index (χ4n) is 3.58. The highest BCUT2D eigenvalue weighted by Gasteiger charge is 2.35. The van der Waals surface area contributed by atoms with Gasteiger partial charge in [-0.05, 0) is 61.4 Å². The van der Waals surface area contributed by atoms with Crippen LogP contribution in [0.15, 0.2) is 36.5 Å². The number of aromatic nitrogens is 1. The number of amides is 1. The van der Waals surface area contributed by atoms with Crippen LogP contribution in [-0.4, -0.2) is 21.2 Å². The molecule has 130 valence electrons. The molecule has 1 heterocycles. The molecule has 1 aromatic heterocycles. The number of carbonyl (C=O) groups excluding carboxylic acids is 1. The first kappa shape index (κ1) is 17.6. The first-order valence-electron chi connectivity index (χ1n) is 8.34. The number of benzene rings is 1. The van der Waals surface area contributed by atoms with Crippen LogP contribution in [0, 0.1) is 11.8 Å². The van der Waals surface area contributed by atoms with E-state index in [0.717, 1.165) is 24.0 Å². The first-order chi connectivity index (χ1) is 11.9. The van der Waals surface area contributed by atoms with Gasteiger partial charge in [-0.25, -0.2) is 0 Å². The van der Waals surface area contributed by atoms with Crippen molar-refractivity contribution in [3.63, 3.8) is 0 Å². The quantitative estimate of drug-likeness (QED) is 0.811. The molecular weight excluding hydrogens is 336 g/mol. The highest BCUT2D eigenvalue weighted by molar-refractivity contribution is 6.30. The largest absolute Gasteiger partial charge is 0.378 e. The van der Waals surface area contributed by atoms with Crippen molar-refractivity contribution in [2.75, 3.05) is 0 Å². The lowest BCUT2D eigenvalue weighted by Crippen LogP contribution is -2.33. The maximum absolute atomic E-state index is 11.7. The van der Waals surface area contributed by atoms with E-state index < -0.39 is 11.5 Å². The molecule has 0 aliphatic heterocycles. The fourth-order valence-corrected chi connectivity index (χ4v) is 3.77. The van der Waals surface area contributed by atoms with Crippen molar-refractivity contribution in [1.29, 1.82) is 0 Å². The summed E-state index contributed by atoms with van der Waals surface area (Å²) >= 11 is 5.98. The Kier molecular flexibility index (Phi) is 4.89. The van der Waals surface area contributed by atoms with Gasteiger partial charge in [0.25, 0.3) is 5.91 Å². The minimum Gasteiger partial charge on any atom is -0.378 e. The summed E-state index contributed by atoms with van der Waals surface area (Å²) < 4.78 is 1.74. The summed E-state index contributed by atoms with van der Waals surface area (Å²) in [6, 6.07) is 9.19. The maximum Gasteiger partial charge on any atom is 0.265 e. The monoisotopic (exact) mass is 356 g/mol. The normalized spacial score (nSPS) is 22.9. The van der Waals surface area contributed by atoms with Crippen LogP contribution in [0.25, 0.3) is 0 Å². The Morgan fingerprint density at radius 3 is 2.96 bits per heavy atom. The van der Waals surface area contributed by atoms with E-state index >= 15 is 0 Å². The topological polar surface area (TPSA) is 68.2 Å². The lowest BCUT2D eigenvalue weighted by atomic mass is 9.75. The second-order valence-electron chi connectivity index (χ2n) is 6.68. The number of halogens is 1. The number of aliphatic hydroxyl groups is 1. The lowest BCUT2D eigenvalue weighted by molar-refractivity contribution is 0.0517. The summed E-state index contributed by atoms with van der Waals surface area (Å²) in [6.45, 7) is 0. The number of primary amides is 1. The zero-order chi connectivity index (χ0) is 18.0. The molecule has 3 rings (SSSR count). The van der Waals surface area contributed by atoms with Crippen molar-refractivity contribution in [3.8, 4) is 11.8 Å². The third kappa shape index (κ3) is 3.89. The lowest BCUT2D eigenvalue weighted by Gasteiger charge is -2.33. The molecular formula is C20H21ClN2O2. The Labute approximate surface area is 152 Å². The number of hydrogen-bond donors (Lipinski definition) is 2. The number of carbonyl (C=O) groups is 1. The van der Waals surface area contributed by atoms with E-state index in [1.54, 1.807) is 23.7 Å². The minimum atomic E-state index is -1.07. The van der Waals surface area contributed by atoms with Gasteiger partial charge in [0.05, 0.1) is 0 Å². The van der Waals surface area contributed by atoms with Crippen LogP contribution >= 0.6 is 11.6 Å². The van der Waals surface area contributed by atoms with E-state index in [1.807, 2.05) is 24.4 Å². The van der Waals surface area contributed by atoms with E-state index in [2.05, 4.69) is 11.8 Å². The molecule has 0 unspecified atom stereocenters.